The highest BCUT2D eigenvalue weighted by atomic mass is 32.1. The molecular weight excluding hydrogens is 368 g/mol. The van der Waals surface area contributed by atoms with E-state index in [0.717, 1.165) is 11.1 Å². The Bertz CT molecular complexity index is 970. The molecule has 138 valence electrons. The number of hydrogen-bond acceptors (Lipinski definition) is 8. The van der Waals surface area contributed by atoms with Crippen LogP contribution in [0, 0.1) is 10.1 Å². The summed E-state index contributed by atoms with van der Waals surface area (Å²) < 4.78 is 10.5. The third-order valence-electron chi connectivity index (χ3n) is 3.68. The Balaban J connectivity index is 1.71. The maximum absolute atomic E-state index is 10.7. The van der Waals surface area contributed by atoms with E-state index in [9.17, 15) is 10.1 Å². The molecule has 0 aliphatic rings. The molecule has 1 heterocycles. The monoisotopic (exact) mass is 384 g/mol. The van der Waals surface area contributed by atoms with Crippen molar-refractivity contribution >= 4 is 28.4 Å². The number of nitrogens with zero attached hydrogens (tertiary/aromatic N) is 3. The third-order valence-corrected chi connectivity index (χ3v) is 4.43. The van der Waals surface area contributed by atoms with Crippen LogP contribution in [0.2, 0.25) is 0 Å². The molecule has 27 heavy (non-hydrogen) atoms. The fourth-order valence-electron chi connectivity index (χ4n) is 2.31. The number of aromatic nitrogens is 1. The fraction of sp³-hybridized carbons (Fsp3) is 0.111. The zero-order chi connectivity index (χ0) is 19.2. The third kappa shape index (κ3) is 4.39. The van der Waals surface area contributed by atoms with Gasteiger partial charge in [-0.05, 0) is 30.3 Å². The predicted molar refractivity (Wildman–Crippen MR) is 105 cm³/mol. The number of hydrazone groups is 1. The van der Waals surface area contributed by atoms with Gasteiger partial charge < -0.3 is 9.47 Å². The summed E-state index contributed by atoms with van der Waals surface area (Å²) in [7, 11) is 3.18. The maximum Gasteiger partial charge on any atom is 0.269 e. The molecule has 1 aromatic heterocycles. The van der Waals surface area contributed by atoms with Crippen LogP contribution in [0.15, 0.2) is 52.9 Å². The number of nitrogens with one attached hydrogen (secondary N) is 1. The van der Waals surface area contributed by atoms with Crippen LogP contribution in [0.4, 0.5) is 10.8 Å². The van der Waals surface area contributed by atoms with Crippen molar-refractivity contribution in [1.82, 2.24) is 4.98 Å². The number of ether oxygens (including phenoxy) is 2. The van der Waals surface area contributed by atoms with Gasteiger partial charge in [0.05, 0.1) is 31.1 Å². The second-order valence-corrected chi connectivity index (χ2v) is 6.18. The molecule has 0 saturated carbocycles. The highest BCUT2D eigenvalue weighted by Gasteiger charge is 2.08. The molecule has 0 amide bonds. The fourth-order valence-corrected chi connectivity index (χ4v) is 2.98. The average Bonchev–Trinajstić information content (AvgIpc) is 3.17. The van der Waals surface area contributed by atoms with Gasteiger partial charge in [-0.25, -0.2) is 4.98 Å². The first kappa shape index (κ1) is 18.3. The minimum atomic E-state index is -0.431. The molecule has 0 bridgehead atoms. The molecule has 0 radical (unpaired) electrons. The summed E-state index contributed by atoms with van der Waals surface area (Å²) >= 11 is 1.38. The number of rotatable bonds is 7. The molecule has 0 atom stereocenters. The molecule has 9 heteroatoms. The van der Waals surface area contributed by atoms with Gasteiger partial charge in [0.25, 0.3) is 5.69 Å². The normalized spacial score (nSPS) is 10.7. The summed E-state index contributed by atoms with van der Waals surface area (Å²) in [4.78, 5) is 14.7. The van der Waals surface area contributed by atoms with E-state index in [1.54, 1.807) is 44.7 Å². The van der Waals surface area contributed by atoms with Gasteiger partial charge in [0.1, 0.15) is 11.5 Å². The van der Waals surface area contributed by atoms with Crippen LogP contribution in [0.5, 0.6) is 11.5 Å². The van der Waals surface area contributed by atoms with Crippen molar-refractivity contribution in [2.75, 3.05) is 19.6 Å². The smallest absolute Gasteiger partial charge is 0.269 e. The number of hydrogen-bond donors (Lipinski definition) is 1. The largest absolute Gasteiger partial charge is 0.497 e. The Labute approximate surface area is 159 Å². The first-order chi connectivity index (χ1) is 13.1. The van der Waals surface area contributed by atoms with Gasteiger partial charge in [-0.3, -0.25) is 15.5 Å². The lowest BCUT2D eigenvalue weighted by Gasteiger charge is -2.06. The van der Waals surface area contributed by atoms with Crippen LogP contribution in [-0.4, -0.2) is 30.3 Å². The Morgan fingerprint density at radius 2 is 1.96 bits per heavy atom. The van der Waals surface area contributed by atoms with E-state index in [0.29, 0.717) is 22.3 Å². The van der Waals surface area contributed by atoms with Crippen LogP contribution in [0.1, 0.15) is 5.56 Å². The predicted octanol–water partition coefficient (Wildman–Crippen LogP) is 4.18. The Kier molecular flexibility index (Phi) is 5.62. The van der Waals surface area contributed by atoms with Crippen molar-refractivity contribution in [3.05, 3.63) is 63.5 Å². The van der Waals surface area contributed by atoms with Crippen LogP contribution >= 0.6 is 11.3 Å². The van der Waals surface area contributed by atoms with Gasteiger partial charge in [-0.2, -0.15) is 5.10 Å². The number of non-ortho nitro benzene ring substituents is 1. The lowest BCUT2D eigenvalue weighted by atomic mass is 10.1. The van der Waals surface area contributed by atoms with E-state index in [1.165, 1.54) is 23.5 Å². The zero-order valence-electron chi connectivity index (χ0n) is 14.6. The summed E-state index contributed by atoms with van der Waals surface area (Å²) in [6.45, 7) is 0. The summed E-state index contributed by atoms with van der Waals surface area (Å²) in [5.41, 5.74) is 5.19. The van der Waals surface area contributed by atoms with E-state index in [-0.39, 0.29) is 5.69 Å². The molecule has 1 N–H and O–H groups in total. The summed E-state index contributed by atoms with van der Waals surface area (Å²) in [5, 5.41) is 17.4. The minimum absolute atomic E-state index is 0.0455. The van der Waals surface area contributed by atoms with Crippen LogP contribution in [0.25, 0.3) is 11.3 Å². The summed E-state index contributed by atoms with van der Waals surface area (Å²) in [6.07, 6.45) is 1.62. The second kappa shape index (κ2) is 8.28. The van der Waals surface area contributed by atoms with Gasteiger partial charge in [0, 0.05) is 28.6 Å². The molecule has 2 aromatic carbocycles. The quantitative estimate of drug-likeness (QED) is 0.373. The Hall–Kier alpha value is -3.46. The molecule has 3 rings (SSSR count). The molecule has 0 unspecified atom stereocenters. The molecule has 3 aromatic rings. The Morgan fingerprint density at radius 3 is 2.63 bits per heavy atom. The average molecular weight is 384 g/mol. The van der Waals surface area contributed by atoms with Crippen molar-refractivity contribution in [2.45, 2.75) is 0 Å². The lowest BCUT2D eigenvalue weighted by molar-refractivity contribution is -0.384. The van der Waals surface area contributed by atoms with E-state index in [4.69, 9.17) is 9.47 Å². The van der Waals surface area contributed by atoms with Crippen LogP contribution in [0.3, 0.4) is 0 Å². The van der Waals surface area contributed by atoms with Crippen molar-refractivity contribution in [1.29, 1.82) is 0 Å². The molecule has 0 fully saturated rings. The van der Waals surface area contributed by atoms with Gasteiger partial charge in [-0.15, -0.1) is 11.3 Å². The van der Waals surface area contributed by atoms with Crippen molar-refractivity contribution in [3.8, 4) is 22.8 Å². The topological polar surface area (TPSA) is 98.9 Å². The van der Waals surface area contributed by atoms with E-state index >= 15 is 0 Å². The minimum Gasteiger partial charge on any atom is -0.497 e. The number of thiazole rings is 1. The molecule has 8 nitrogen and oxygen atoms in total. The van der Waals surface area contributed by atoms with E-state index in [1.807, 2.05) is 11.4 Å². The SMILES string of the molecule is COc1ccc(OC)c(/C=N/Nc2nc(-c3ccc([N+](=O)[O-])cc3)cs2)c1. The Morgan fingerprint density at radius 1 is 1.19 bits per heavy atom. The first-order valence-electron chi connectivity index (χ1n) is 7.82. The molecular formula is C18H16N4O4S. The number of benzene rings is 2. The van der Waals surface area contributed by atoms with Gasteiger partial charge in [0.15, 0.2) is 0 Å². The van der Waals surface area contributed by atoms with Gasteiger partial charge in [0.2, 0.25) is 5.13 Å². The molecule has 0 aliphatic carbocycles. The van der Waals surface area contributed by atoms with Gasteiger partial charge >= 0.3 is 0 Å². The zero-order valence-corrected chi connectivity index (χ0v) is 15.4. The highest BCUT2D eigenvalue weighted by Crippen LogP contribution is 2.27. The van der Waals surface area contributed by atoms with Crippen molar-refractivity contribution in [3.63, 3.8) is 0 Å². The van der Waals surface area contributed by atoms with E-state index < -0.39 is 4.92 Å². The molecule has 0 spiro atoms. The maximum atomic E-state index is 10.7. The standard InChI is InChI=1S/C18H16N4O4S/c1-25-15-7-8-17(26-2)13(9-15)10-19-21-18-20-16(11-27-18)12-3-5-14(6-4-12)22(23)24/h3-11H,1-2H3,(H,20,21)/b19-10+. The van der Waals surface area contributed by atoms with Crippen LogP contribution in [-0.2, 0) is 0 Å². The first-order valence-corrected chi connectivity index (χ1v) is 8.70. The lowest BCUT2D eigenvalue weighted by Crippen LogP contribution is -1.95. The van der Waals surface area contributed by atoms with Crippen molar-refractivity contribution in [2.24, 2.45) is 5.10 Å². The number of nitro groups is 1. The van der Waals surface area contributed by atoms with E-state index in [2.05, 4.69) is 15.5 Å². The number of methoxy groups -OCH3 is 2. The highest BCUT2D eigenvalue weighted by molar-refractivity contribution is 7.14. The van der Waals surface area contributed by atoms with Crippen molar-refractivity contribution < 1.29 is 14.4 Å². The van der Waals surface area contributed by atoms with Gasteiger partial charge in [-0.1, -0.05) is 0 Å². The van der Waals surface area contributed by atoms with Crippen LogP contribution < -0.4 is 14.9 Å². The number of nitro benzene ring substituents is 1. The second-order valence-electron chi connectivity index (χ2n) is 5.32. The molecule has 0 aliphatic heterocycles. The molecule has 0 saturated heterocycles. The summed E-state index contributed by atoms with van der Waals surface area (Å²) in [6, 6.07) is 11.7. The summed E-state index contributed by atoms with van der Waals surface area (Å²) in [5.74, 6) is 1.37. The number of anilines is 1.